The van der Waals surface area contributed by atoms with Crippen LogP contribution in [0.25, 0.3) is 6.08 Å². The summed E-state index contributed by atoms with van der Waals surface area (Å²) in [5.74, 6) is -0.770. The van der Waals surface area contributed by atoms with Crippen molar-refractivity contribution in [3.05, 3.63) is 75.3 Å². The number of carbonyl (C=O) groups is 2. The summed E-state index contributed by atoms with van der Waals surface area (Å²) >= 11 is 3.37. The second kappa shape index (κ2) is 7.74. The molecular weight excluding hydrogens is 356 g/mol. The molecule has 2 rings (SSSR count). The standard InChI is InChI=1S/C18H17BrN2O2/c1-12-3-6-14(7-4-12)8-10-17(22)20-21-18(23)15-9-5-13(2)16(19)11-15/h3-11H,1-2H3,(H,20,22)(H,21,23). The number of benzene rings is 2. The first-order valence-electron chi connectivity index (χ1n) is 7.07. The van der Waals surface area contributed by atoms with Crippen LogP contribution >= 0.6 is 15.9 Å². The molecular formula is C18H17BrN2O2. The van der Waals surface area contributed by atoms with E-state index in [-0.39, 0.29) is 5.91 Å². The maximum Gasteiger partial charge on any atom is 0.269 e. The first kappa shape index (κ1) is 17.0. The fraction of sp³-hybridized carbons (Fsp3) is 0.111. The largest absolute Gasteiger partial charge is 0.269 e. The van der Waals surface area contributed by atoms with Crippen molar-refractivity contribution in [3.8, 4) is 0 Å². The van der Waals surface area contributed by atoms with Gasteiger partial charge in [-0.25, -0.2) is 0 Å². The number of halogens is 1. The van der Waals surface area contributed by atoms with Crippen molar-refractivity contribution in [3.63, 3.8) is 0 Å². The fourth-order valence-corrected chi connectivity index (χ4v) is 2.19. The van der Waals surface area contributed by atoms with Gasteiger partial charge < -0.3 is 0 Å². The molecule has 0 unspecified atom stereocenters. The highest BCUT2D eigenvalue weighted by Crippen LogP contribution is 2.17. The highest BCUT2D eigenvalue weighted by Gasteiger charge is 2.07. The zero-order valence-corrected chi connectivity index (χ0v) is 14.5. The lowest BCUT2D eigenvalue weighted by molar-refractivity contribution is -0.117. The summed E-state index contributed by atoms with van der Waals surface area (Å²) in [6, 6.07) is 13.0. The van der Waals surface area contributed by atoms with Gasteiger partial charge in [-0.3, -0.25) is 20.4 Å². The van der Waals surface area contributed by atoms with Gasteiger partial charge in [-0.1, -0.05) is 51.8 Å². The molecule has 0 radical (unpaired) electrons. The fourth-order valence-electron chi connectivity index (χ4n) is 1.82. The molecule has 0 saturated heterocycles. The van der Waals surface area contributed by atoms with Gasteiger partial charge in [0, 0.05) is 16.1 Å². The molecule has 0 heterocycles. The van der Waals surface area contributed by atoms with Crippen LogP contribution < -0.4 is 10.9 Å². The predicted octanol–water partition coefficient (Wildman–Crippen LogP) is 3.54. The summed E-state index contributed by atoms with van der Waals surface area (Å²) in [6.07, 6.45) is 3.05. The summed E-state index contributed by atoms with van der Waals surface area (Å²) < 4.78 is 0.843. The molecule has 118 valence electrons. The number of carbonyl (C=O) groups excluding carboxylic acids is 2. The maximum absolute atomic E-state index is 12.0. The molecule has 0 aromatic heterocycles. The Morgan fingerprint density at radius 3 is 2.35 bits per heavy atom. The first-order valence-corrected chi connectivity index (χ1v) is 7.86. The van der Waals surface area contributed by atoms with Crippen LogP contribution in [0.3, 0.4) is 0 Å². The maximum atomic E-state index is 12.0. The van der Waals surface area contributed by atoms with Gasteiger partial charge in [0.1, 0.15) is 0 Å². The van der Waals surface area contributed by atoms with Crippen LogP contribution in [0.15, 0.2) is 53.0 Å². The van der Waals surface area contributed by atoms with Crippen LogP contribution in [0.1, 0.15) is 27.0 Å². The van der Waals surface area contributed by atoms with E-state index in [9.17, 15) is 9.59 Å². The van der Waals surface area contributed by atoms with E-state index in [4.69, 9.17) is 0 Å². The van der Waals surface area contributed by atoms with Gasteiger partial charge in [-0.15, -0.1) is 0 Å². The lowest BCUT2D eigenvalue weighted by atomic mass is 10.1. The Kier molecular flexibility index (Phi) is 5.71. The zero-order valence-electron chi connectivity index (χ0n) is 12.9. The van der Waals surface area contributed by atoms with Crippen LogP contribution in [0, 0.1) is 13.8 Å². The summed E-state index contributed by atoms with van der Waals surface area (Å²) in [7, 11) is 0. The van der Waals surface area contributed by atoms with E-state index >= 15 is 0 Å². The van der Waals surface area contributed by atoms with Gasteiger partial charge in [0.05, 0.1) is 0 Å². The number of aryl methyl sites for hydroxylation is 2. The van der Waals surface area contributed by atoms with Crippen LogP contribution in [0.4, 0.5) is 0 Å². The van der Waals surface area contributed by atoms with E-state index < -0.39 is 5.91 Å². The number of nitrogens with one attached hydrogen (secondary N) is 2. The van der Waals surface area contributed by atoms with E-state index in [1.807, 2.05) is 44.2 Å². The predicted molar refractivity (Wildman–Crippen MR) is 94.7 cm³/mol. The van der Waals surface area contributed by atoms with Crippen LogP contribution in [0.5, 0.6) is 0 Å². The molecule has 0 bridgehead atoms. The topological polar surface area (TPSA) is 58.2 Å². The van der Waals surface area contributed by atoms with Gasteiger partial charge in [-0.05, 0) is 43.2 Å². The monoisotopic (exact) mass is 372 g/mol. The minimum absolute atomic E-state index is 0.372. The average Bonchev–Trinajstić information content (AvgIpc) is 2.54. The smallest absolute Gasteiger partial charge is 0.268 e. The van der Waals surface area contributed by atoms with Gasteiger partial charge in [0.15, 0.2) is 0 Å². The summed E-state index contributed by atoms with van der Waals surface area (Å²) in [4.78, 5) is 23.7. The molecule has 0 spiro atoms. The molecule has 4 nitrogen and oxygen atoms in total. The van der Waals surface area contributed by atoms with Crippen molar-refractivity contribution in [1.29, 1.82) is 0 Å². The molecule has 2 aromatic carbocycles. The SMILES string of the molecule is Cc1ccc(C=CC(=O)NNC(=O)c2ccc(C)c(Br)c2)cc1. The molecule has 0 aliphatic rings. The third kappa shape index (κ3) is 5.07. The molecule has 0 fully saturated rings. The molecule has 0 aliphatic carbocycles. The van der Waals surface area contributed by atoms with Crippen molar-refractivity contribution < 1.29 is 9.59 Å². The van der Waals surface area contributed by atoms with E-state index in [1.165, 1.54) is 6.08 Å². The molecule has 0 aliphatic heterocycles. The number of hydrogen-bond acceptors (Lipinski definition) is 2. The Hall–Kier alpha value is -2.40. The second-order valence-corrected chi connectivity index (χ2v) is 6.01. The lowest BCUT2D eigenvalue weighted by Crippen LogP contribution is -2.40. The Bertz CT molecular complexity index is 752. The summed E-state index contributed by atoms with van der Waals surface area (Å²) in [5.41, 5.74) is 8.31. The van der Waals surface area contributed by atoms with Gasteiger partial charge in [-0.2, -0.15) is 0 Å². The van der Waals surface area contributed by atoms with Crippen LogP contribution in [-0.4, -0.2) is 11.8 Å². The molecule has 0 atom stereocenters. The van der Waals surface area contributed by atoms with E-state index in [0.717, 1.165) is 21.2 Å². The number of amides is 2. The van der Waals surface area contributed by atoms with Gasteiger partial charge in [0.2, 0.25) is 0 Å². The van der Waals surface area contributed by atoms with Crippen molar-refractivity contribution in [2.75, 3.05) is 0 Å². The number of hydrogen-bond donors (Lipinski definition) is 2. The highest BCUT2D eigenvalue weighted by atomic mass is 79.9. The first-order chi connectivity index (χ1) is 11.0. The Labute approximate surface area is 143 Å². The van der Waals surface area contributed by atoms with Crippen molar-refractivity contribution in [2.24, 2.45) is 0 Å². The van der Waals surface area contributed by atoms with E-state index in [0.29, 0.717) is 5.56 Å². The molecule has 2 amide bonds. The summed E-state index contributed by atoms with van der Waals surface area (Å²) in [6.45, 7) is 3.93. The molecule has 2 N–H and O–H groups in total. The van der Waals surface area contributed by atoms with Gasteiger partial charge >= 0.3 is 0 Å². The quantitative estimate of drug-likeness (QED) is 0.639. The highest BCUT2D eigenvalue weighted by molar-refractivity contribution is 9.10. The Balaban J connectivity index is 1.89. The normalized spacial score (nSPS) is 10.6. The lowest BCUT2D eigenvalue weighted by Gasteiger charge is -2.06. The van der Waals surface area contributed by atoms with Gasteiger partial charge in [0.25, 0.3) is 11.8 Å². The minimum atomic E-state index is -0.398. The number of rotatable bonds is 3. The van der Waals surface area contributed by atoms with Crippen molar-refractivity contribution >= 4 is 33.8 Å². The Morgan fingerprint density at radius 1 is 1.00 bits per heavy atom. The van der Waals surface area contributed by atoms with Crippen molar-refractivity contribution in [1.82, 2.24) is 10.9 Å². The molecule has 0 saturated carbocycles. The molecule has 23 heavy (non-hydrogen) atoms. The summed E-state index contributed by atoms with van der Waals surface area (Å²) in [5, 5.41) is 0. The number of hydrazine groups is 1. The minimum Gasteiger partial charge on any atom is -0.268 e. The zero-order chi connectivity index (χ0) is 16.8. The second-order valence-electron chi connectivity index (χ2n) is 5.15. The third-order valence-electron chi connectivity index (χ3n) is 3.24. The average molecular weight is 373 g/mol. The van der Waals surface area contributed by atoms with Crippen LogP contribution in [0.2, 0.25) is 0 Å². The van der Waals surface area contributed by atoms with Crippen LogP contribution in [-0.2, 0) is 4.79 Å². The van der Waals surface area contributed by atoms with E-state index in [1.54, 1.807) is 18.2 Å². The van der Waals surface area contributed by atoms with Crippen molar-refractivity contribution in [2.45, 2.75) is 13.8 Å². The van der Waals surface area contributed by atoms with E-state index in [2.05, 4.69) is 26.8 Å². The Morgan fingerprint density at radius 2 is 1.70 bits per heavy atom. The third-order valence-corrected chi connectivity index (χ3v) is 4.09. The molecule has 5 heteroatoms. The molecule has 2 aromatic rings.